The van der Waals surface area contributed by atoms with Crippen molar-refractivity contribution in [2.45, 2.75) is 19.3 Å². The Morgan fingerprint density at radius 1 is 0.750 bits per heavy atom. The molecule has 36 heavy (non-hydrogen) atoms. The molecule has 0 saturated carbocycles. The molecule has 2 aromatic heterocycles. The van der Waals surface area contributed by atoms with E-state index < -0.39 is 0 Å². The molecule has 6 rings (SSSR count). The molecule has 1 radical (unpaired) electrons. The quantitative estimate of drug-likeness (QED) is 0.183. The number of fused-ring (bicyclic) bond motifs is 3. The molecule has 2 heterocycles. The van der Waals surface area contributed by atoms with Gasteiger partial charge in [-0.3, -0.25) is 0 Å². The molecule has 0 spiro atoms. The summed E-state index contributed by atoms with van der Waals surface area (Å²) in [6, 6.07) is 36.2. The first kappa shape index (κ1) is 25.2. The second kappa shape index (κ2) is 10.8. The Kier molecular flexibility index (Phi) is 7.55. The Hall–Kier alpha value is -3.90. The average molecular weight is 642 g/mol. The molecule has 177 valence electrons. The van der Waals surface area contributed by atoms with Gasteiger partial charge in [-0.05, 0) is 34.5 Å². The van der Waals surface area contributed by atoms with Crippen molar-refractivity contribution in [2.24, 2.45) is 0 Å². The first-order valence-corrected chi connectivity index (χ1v) is 11.5. The Morgan fingerprint density at radius 3 is 2.11 bits per heavy atom. The van der Waals surface area contributed by atoms with E-state index in [-0.39, 0.29) is 25.5 Å². The van der Waals surface area contributed by atoms with Crippen LogP contribution in [-0.4, -0.2) is 9.97 Å². The van der Waals surface area contributed by atoms with E-state index in [2.05, 4.69) is 52.9 Å². The molecular formula is C32H23IrN3-2. The molecule has 0 unspecified atom stereocenters. The van der Waals surface area contributed by atoms with Gasteiger partial charge in [-0.15, -0.1) is 65.2 Å². The number of nitrogens with zero attached hydrogens (tertiary/aromatic N) is 3. The summed E-state index contributed by atoms with van der Waals surface area (Å²) >= 11 is 0. The van der Waals surface area contributed by atoms with E-state index in [0.717, 1.165) is 22.5 Å². The maximum atomic E-state index is 7.28. The van der Waals surface area contributed by atoms with Gasteiger partial charge in [0.1, 0.15) is 0 Å². The molecule has 4 heteroatoms. The predicted octanol–water partition coefficient (Wildman–Crippen LogP) is 7.95. The van der Waals surface area contributed by atoms with Crippen LogP contribution in [-0.2, 0) is 25.5 Å². The van der Waals surface area contributed by atoms with Crippen molar-refractivity contribution >= 4 is 5.69 Å². The molecule has 0 atom stereocenters. The third-order valence-corrected chi connectivity index (χ3v) is 6.29. The van der Waals surface area contributed by atoms with E-state index in [1.54, 1.807) is 6.20 Å². The summed E-state index contributed by atoms with van der Waals surface area (Å²) in [7, 11) is 0. The number of pyridine rings is 2. The van der Waals surface area contributed by atoms with Crippen molar-refractivity contribution in [2.75, 3.05) is 0 Å². The summed E-state index contributed by atoms with van der Waals surface area (Å²) in [5.74, 6) is 0. The van der Waals surface area contributed by atoms with E-state index in [9.17, 15) is 0 Å². The first-order chi connectivity index (χ1) is 17.1. The molecule has 1 aliphatic rings. The van der Waals surface area contributed by atoms with Crippen molar-refractivity contribution in [3.8, 4) is 33.6 Å². The van der Waals surface area contributed by atoms with Gasteiger partial charge in [0.05, 0.1) is 6.57 Å². The minimum absolute atomic E-state index is 0. The second-order valence-electron chi connectivity index (χ2n) is 8.81. The molecule has 0 saturated heterocycles. The Bertz CT molecular complexity index is 1470. The first-order valence-electron chi connectivity index (χ1n) is 11.5. The third kappa shape index (κ3) is 4.77. The van der Waals surface area contributed by atoms with Gasteiger partial charge in [-0.1, -0.05) is 67.4 Å². The van der Waals surface area contributed by atoms with Crippen LogP contribution in [0.25, 0.3) is 38.5 Å². The van der Waals surface area contributed by atoms with Gasteiger partial charge in [-0.25, -0.2) is 4.85 Å². The minimum atomic E-state index is -0.171. The van der Waals surface area contributed by atoms with Crippen LogP contribution in [0.2, 0.25) is 0 Å². The third-order valence-electron chi connectivity index (χ3n) is 6.29. The molecule has 1 aliphatic carbocycles. The Labute approximate surface area is 226 Å². The van der Waals surface area contributed by atoms with Gasteiger partial charge in [0.15, 0.2) is 5.69 Å². The summed E-state index contributed by atoms with van der Waals surface area (Å²) in [4.78, 5) is 12.3. The SMILES string of the molecule is [C-]#[N+]c1ccc2c(c1)C(C)(C)c1c(-c3ccccn3)[c-]ccc1-2.[Ir].[c-]1ccccc1-c1ccccn1. The fraction of sp³-hybridized carbons (Fsp3) is 0.0938. The summed E-state index contributed by atoms with van der Waals surface area (Å²) in [6.07, 6.45) is 3.60. The zero-order valence-electron chi connectivity index (χ0n) is 20.0. The smallest absolute Gasteiger partial charge is 0.187 e. The fourth-order valence-electron chi connectivity index (χ4n) is 4.65. The van der Waals surface area contributed by atoms with Crippen LogP contribution in [0.4, 0.5) is 5.69 Å². The zero-order valence-corrected chi connectivity index (χ0v) is 22.4. The molecule has 0 bridgehead atoms. The topological polar surface area (TPSA) is 30.1 Å². The van der Waals surface area contributed by atoms with E-state index in [1.165, 1.54) is 22.3 Å². The number of hydrogen-bond acceptors (Lipinski definition) is 2. The monoisotopic (exact) mass is 642 g/mol. The number of aromatic nitrogens is 2. The van der Waals surface area contributed by atoms with E-state index in [1.807, 2.05) is 85.1 Å². The van der Waals surface area contributed by atoms with E-state index >= 15 is 0 Å². The van der Waals surface area contributed by atoms with Gasteiger partial charge in [0.2, 0.25) is 0 Å². The van der Waals surface area contributed by atoms with Crippen molar-refractivity contribution < 1.29 is 20.1 Å². The molecule has 0 amide bonds. The van der Waals surface area contributed by atoms with Crippen molar-refractivity contribution in [3.05, 3.63) is 138 Å². The van der Waals surface area contributed by atoms with Crippen LogP contribution in [0.15, 0.2) is 103 Å². The number of benzene rings is 3. The zero-order chi connectivity index (χ0) is 24.3. The van der Waals surface area contributed by atoms with Gasteiger partial charge < -0.3 is 9.97 Å². The largest absolute Gasteiger partial charge is 0.305 e. The standard InChI is InChI=1S/C21H15N2.C11H8N.Ir/c1-21(2)18-13-14(22-3)10-11-15(18)16-7-6-8-17(20(16)21)19-9-4-5-12-23-19;1-2-6-10(7-3-1)11-8-4-5-9-12-11;/h4-7,9-13H,1-2H3;1-6,8-9H;/q2*-1;. The maximum absolute atomic E-state index is 7.28. The number of rotatable bonds is 2. The Morgan fingerprint density at radius 2 is 1.47 bits per heavy atom. The molecule has 5 aromatic rings. The van der Waals surface area contributed by atoms with Gasteiger partial charge in [0.25, 0.3) is 0 Å². The molecule has 0 aliphatic heterocycles. The maximum Gasteiger partial charge on any atom is 0.187 e. The summed E-state index contributed by atoms with van der Waals surface area (Å²) in [6.45, 7) is 11.7. The van der Waals surface area contributed by atoms with Crippen LogP contribution in [0.1, 0.15) is 25.0 Å². The molecule has 3 nitrogen and oxygen atoms in total. The van der Waals surface area contributed by atoms with Crippen molar-refractivity contribution in [3.63, 3.8) is 0 Å². The fourth-order valence-corrected chi connectivity index (χ4v) is 4.65. The van der Waals surface area contributed by atoms with Gasteiger partial charge in [-0.2, -0.15) is 0 Å². The van der Waals surface area contributed by atoms with Gasteiger partial charge >= 0.3 is 0 Å². The van der Waals surface area contributed by atoms with Crippen LogP contribution in [0.5, 0.6) is 0 Å². The van der Waals surface area contributed by atoms with E-state index in [4.69, 9.17) is 6.57 Å². The predicted molar refractivity (Wildman–Crippen MR) is 141 cm³/mol. The molecule has 3 aromatic carbocycles. The van der Waals surface area contributed by atoms with Crippen LogP contribution < -0.4 is 0 Å². The summed E-state index contributed by atoms with van der Waals surface area (Å²) in [5, 5.41) is 0. The van der Waals surface area contributed by atoms with Crippen molar-refractivity contribution in [1.29, 1.82) is 0 Å². The van der Waals surface area contributed by atoms with Crippen LogP contribution in [0, 0.1) is 18.7 Å². The minimum Gasteiger partial charge on any atom is -0.305 e. The van der Waals surface area contributed by atoms with E-state index in [0.29, 0.717) is 5.69 Å². The molecular weight excluding hydrogens is 619 g/mol. The number of hydrogen-bond donors (Lipinski definition) is 0. The summed E-state index contributed by atoms with van der Waals surface area (Å²) < 4.78 is 0. The molecule has 0 fully saturated rings. The Balaban J connectivity index is 0.000000198. The summed E-state index contributed by atoms with van der Waals surface area (Å²) in [5.41, 5.74) is 9.40. The van der Waals surface area contributed by atoms with Gasteiger partial charge in [0, 0.05) is 32.5 Å². The van der Waals surface area contributed by atoms with Crippen LogP contribution in [0.3, 0.4) is 0 Å². The molecule has 0 N–H and O–H groups in total. The van der Waals surface area contributed by atoms with Crippen LogP contribution >= 0.6 is 0 Å². The second-order valence-corrected chi connectivity index (χ2v) is 8.81. The van der Waals surface area contributed by atoms with Crippen molar-refractivity contribution in [1.82, 2.24) is 9.97 Å². The average Bonchev–Trinajstić information content (AvgIpc) is 3.17. The normalized spacial score (nSPS) is 12.1.